The van der Waals surface area contributed by atoms with Gasteiger partial charge in [-0.05, 0) is 22.6 Å². The molecular formula is C6H5IO. The first-order valence-electron chi connectivity index (χ1n) is 2.34. The first-order chi connectivity index (χ1) is 3.83. The number of hydrogen-bond acceptors (Lipinski definition) is 1. The van der Waals surface area contributed by atoms with Crippen LogP contribution >= 0.6 is 22.6 Å². The van der Waals surface area contributed by atoms with Crippen molar-refractivity contribution >= 4 is 28.9 Å². The highest BCUT2D eigenvalue weighted by atomic mass is 127. The van der Waals surface area contributed by atoms with Crippen molar-refractivity contribution in [2.45, 2.75) is 0 Å². The number of aldehydes is 1. The van der Waals surface area contributed by atoms with Crippen LogP contribution in [0.2, 0.25) is 0 Å². The van der Waals surface area contributed by atoms with Crippen molar-refractivity contribution in [3.63, 3.8) is 0 Å². The van der Waals surface area contributed by atoms with Crippen molar-refractivity contribution in [1.29, 1.82) is 0 Å². The molecule has 0 saturated carbocycles. The Morgan fingerprint density at radius 3 is 2.75 bits per heavy atom. The van der Waals surface area contributed by atoms with E-state index in [4.69, 9.17) is 0 Å². The average molecular weight is 220 g/mol. The smallest absolute Gasteiger partial charge is 0.130 e. The van der Waals surface area contributed by atoms with Crippen LogP contribution in [0.5, 0.6) is 0 Å². The number of halogens is 1. The molecule has 0 amide bonds. The minimum Gasteiger partial charge on any atom is -0.302 e. The zero-order valence-corrected chi connectivity index (χ0v) is 6.33. The van der Waals surface area contributed by atoms with Crippen LogP contribution in [0, 0.1) is 5.92 Å². The second-order valence-corrected chi connectivity index (χ2v) is 2.87. The lowest BCUT2D eigenvalue weighted by Gasteiger charge is -1.84. The number of hydrogen-bond donors (Lipinski definition) is 0. The molecule has 0 aliphatic heterocycles. The van der Waals surface area contributed by atoms with Crippen LogP contribution in [-0.2, 0) is 4.79 Å². The van der Waals surface area contributed by atoms with E-state index in [1.165, 1.54) is 0 Å². The largest absolute Gasteiger partial charge is 0.302 e. The average Bonchev–Trinajstić information content (AvgIpc) is 2.14. The van der Waals surface area contributed by atoms with E-state index in [1.807, 2.05) is 18.2 Å². The standard InChI is InChI=1S/C6H5IO/c7-6-2-1-5(3-6)4-8/h1-5H. The summed E-state index contributed by atoms with van der Waals surface area (Å²) in [4.78, 5) is 10.1. The fourth-order valence-corrected chi connectivity index (χ4v) is 1.21. The highest BCUT2D eigenvalue weighted by molar-refractivity contribution is 14.1. The van der Waals surface area contributed by atoms with E-state index in [0.29, 0.717) is 0 Å². The van der Waals surface area contributed by atoms with Crippen LogP contribution in [-0.4, -0.2) is 6.29 Å². The number of carbonyl (C=O) groups is 1. The van der Waals surface area contributed by atoms with Crippen LogP contribution in [0.4, 0.5) is 0 Å². The maximum atomic E-state index is 10.1. The van der Waals surface area contributed by atoms with Crippen molar-refractivity contribution in [1.82, 2.24) is 0 Å². The Morgan fingerprint density at radius 1 is 1.75 bits per heavy atom. The summed E-state index contributed by atoms with van der Waals surface area (Å²) >= 11 is 2.19. The molecule has 42 valence electrons. The molecule has 1 atom stereocenters. The normalized spacial score (nSPS) is 25.6. The molecule has 0 aromatic heterocycles. The van der Waals surface area contributed by atoms with Gasteiger partial charge in [-0.2, -0.15) is 0 Å². The highest BCUT2D eigenvalue weighted by Gasteiger charge is 2.03. The molecule has 1 rings (SSSR count). The third-order valence-electron chi connectivity index (χ3n) is 0.986. The van der Waals surface area contributed by atoms with Gasteiger partial charge in [-0.3, -0.25) is 0 Å². The molecule has 1 nitrogen and oxygen atoms in total. The van der Waals surface area contributed by atoms with Gasteiger partial charge in [0.25, 0.3) is 0 Å². The van der Waals surface area contributed by atoms with Gasteiger partial charge in [-0.1, -0.05) is 18.2 Å². The Balaban J connectivity index is 2.68. The van der Waals surface area contributed by atoms with E-state index >= 15 is 0 Å². The van der Waals surface area contributed by atoms with Gasteiger partial charge in [-0.15, -0.1) is 0 Å². The van der Waals surface area contributed by atoms with Crippen molar-refractivity contribution in [2.24, 2.45) is 5.92 Å². The molecule has 0 aromatic rings. The Labute approximate surface area is 61.6 Å². The summed E-state index contributed by atoms with van der Waals surface area (Å²) in [5.41, 5.74) is 0. The molecule has 0 N–H and O–H groups in total. The van der Waals surface area contributed by atoms with E-state index < -0.39 is 0 Å². The third kappa shape index (κ3) is 1.18. The molecule has 2 heteroatoms. The lowest BCUT2D eigenvalue weighted by Crippen LogP contribution is -1.86. The van der Waals surface area contributed by atoms with E-state index in [0.717, 1.165) is 9.87 Å². The maximum absolute atomic E-state index is 10.1. The molecule has 0 aromatic carbocycles. The van der Waals surface area contributed by atoms with Crippen LogP contribution in [0.25, 0.3) is 0 Å². The fourth-order valence-electron chi connectivity index (χ4n) is 0.583. The van der Waals surface area contributed by atoms with Gasteiger partial charge >= 0.3 is 0 Å². The van der Waals surface area contributed by atoms with Crippen molar-refractivity contribution < 1.29 is 4.79 Å². The van der Waals surface area contributed by atoms with E-state index in [2.05, 4.69) is 22.6 Å². The van der Waals surface area contributed by atoms with Crippen LogP contribution in [0.1, 0.15) is 0 Å². The Morgan fingerprint density at radius 2 is 2.50 bits per heavy atom. The molecule has 1 aliphatic rings. The minimum atomic E-state index is 0.0434. The van der Waals surface area contributed by atoms with Crippen LogP contribution in [0.3, 0.4) is 0 Å². The first kappa shape index (κ1) is 6.01. The third-order valence-corrected chi connectivity index (χ3v) is 1.71. The van der Waals surface area contributed by atoms with Crippen molar-refractivity contribution in [2.75, 3.05) is 0 Å². The molecule has 0 radical (unpaired) electrons. The van der Waals surface area contributed by atoms with Crippen LogP contribution < -0.4 is 0 Å². The number of allylic oxidation sites excluding steroid dienone is 4. The van der Waals surface area contributed by atoms with Crippen LogP contribution in [0.15, 0.2) is 21.8 Å². The molecule has 0 bridgehead atoms. The molecule has 0 saturated heterocycles. The zero-order chi connectivity index (χ0) is 5.98. The summed E-state index contributed by atoms with van der Waals surface area (Å²) in [6.45, 7) is 0. The molecule has 0 fully saturated rings. The summed E-state index contributed by atoms with van der Waals surface area (Å²) in [5, 5.41) is 0. The Bertz CT molecular complexity index is 158. The molecule has 0 spiro atoms. The second kappa shape index (κ2) is 2.44. The summed E-state index contributed by atoms with van der Waals surface area (Å²) in [6.07, 6.45) is 6.68. The lowest BCUT2D eigenvalue weighted by atomic mass is 10.2. The van der Waals surface area contributed by atoms with Crippen molar-refractivity contribution in [3.05, 3.63) is 21.8 Å². The van der Waals surface area contributed by atoms with Gasteiger partial charge in [-0.25, -0.2) is 0 Å². The molecule has 0 heterocycles. The quantitative estimate of drug-likeness (QED) is 0.485. The Kier molecular flexibility index (Phi) is 1.83. The predicted octanol–water partition coefficient (Wildman–Crippen LogP) is 1.69. The molecule has 1 unspecified atom stereocenters. The molecule has 1 aliphatic carbocycles. The summed E-state index contributed by atoms with van der Waals surface area (Å²) in [5.74, 6) is 0.0434. The van der Waals surface area contributed by atoms with Crippen molar-refractivity contribution in [3.8, 4) is 0 Å². The molecule has 8 heavy (non-hydrogen) atoms. The minimum absolute atomic E-state index is 0.0434. The summed E-state index contributed by atoms with van der Waals surface area (Å²) in [6, 6.07) is 0. The maximum Gasteiger partial charge on any atom is 0.130 e. The predicted molar refractivity (Wildman–Crippen MR) is 40.8 cm³/mol. The topological polar surface area (TPSA) is 17.1 Å². The van der Waals surface area contributed by atoms with E-state index in [-0.39, 0.29) is 5.92 Å². The molecular weight excluding hydrogens is 215 g/mol. The highest BCUT2D eigenvalue weighted by Crippen LogP contribution is 2.18. The first-order valence-corrected chi connectivity index (χ1v) is 3.41. The van der Waals surface area contributed by atoms with Gasteiger partial charge in [0.15, 0.2) is 0 Å². The van der Waals surface area contributed by atoms with Gasteiger partial charge < -0.3 is 4.79 Å². The zero-order valence-electron chi connectivity index (χ0n) is 4.17. The summed E-state index contributed by atoms with van der Waals surface area (Å²) < 4.78 is 1.15. The van der Waals surface area contributed by atoms with Gasteiger partial charge in [0.2, 0.25) is 0 Å². The second-order valence-electron chi connectivity index (χ2n) is 1.62. The monoisotopic (exact) mass is 220 g/mol. The Hall–Kier alpha value is -0.120. The SMILES string of the molecule is O=CC1C=CC(I)=C1. The van der Waals surface area contributed by atoms with Gasteiger partial charge in [0.1, 0.15) is 6.29 Å². The van der Waals surface area contributed by atoms with E-state index in [1.54, 1.807) is 0 Å². The van der Waals surface area contributed by atoms with Gasteiger partial charge in [0.05, 0.1) is 5.92 Å². The lowest BCUT2D eigenvalue weighted by molar-refractivity contribution is -0.108. The number of rotatable bonds is 1. The van der Waals surface area contributed by atoms with E-state index in [9.17, 15) is 4.79 Å². The fraction of sp³-hybridized carbons (Fsp3) is 0.167. The van der Waals surface area contributed by atoms with Gasteiger partial charge in [0, 0.05) is 3.58 Å². The number of carbonyl (C=O) groups excluding carboxylic acids is 1. The summed E-state index contributed by atoms with van der Waals surface area (Å²) in [7, 11) is 0.